The molecule has 28 heavy (non-hydrogen) atoms. The van der Waals surface area contributed by atoms with Crippen molar-refractivity contribution in [2.45, 2.75) is 6.54 Å². The maximum atomic E-state index is 12.6. The molecule has 0 radical (unpaired) electrons. The first kappa shape index (κ1) is 17.6. The Morgan fingerprint density at radius 3 is 2.50 bits per heavy atom. The van der Waals surface area contributed by atoms with Crippen LogP contribution in [-0.2, 0) is 13.6 Å². The first-order valence-electron chi connectivity index (χ1n) is 8.94. The summed E-state index contributed by atoms with van der Waals surface area (Å²) < 4.78 is 1.60. The average Bonchev–Trinajstić information content (AvgIpc) is 3.15. The number of carbonyl (C=O) groups is 1. The summed E-state index contributed by atoms with van der Waals surface area (Å²) >= 11 is 0. The van der Waals surface area contributed by atoms with E-state index in [-0.39, 0.29) is 5.91 Å². The van der Waals surface area contributed by atoms with Crippen LogP contribution in [0.1, 0.15) is 16.1 Å². The number of benzene rings is 1. The highest BCUT2D eigenvalue weighted by Gasteiger charge is 2.14. The number of aromatic nitrogens is 4. The van der Waals surface area contributed by atoms with Crippen molar-refractivity contribution in [2.24, 2.45) is 7.05 Å². The third-order valence-corrected chi connectivity index (χ3v) is 4.42. The van der Waals surface area contributed by atoms with E-state index in [1.807, 2.05) is 54.6 Å². The van der Waals surface area contributed by atoms with Crippen molar-refractivity contribution in [1.82, 2.24) is 25.1 Å². The van der Waals surface area contributed by atoms with Crippen LogP contribution < -0.4 is 5.32 Å². The Labute approximate surface area is 162 Å². The molecule has 0 saturated carbocycles. The summed E-state index contributed by atoms with van der Waals surface area (Å²) in [6, 6.07) is 19.3. The van der Waals surface area contributed by atoms with Gasteiger partial charge >= 0.3 is 0 Å². The number of amides is 1. The van der Waals surface area contributed by atoms with Crippen LogP contribution in [0.5, 0.6) is 0 Å². The molecule has 3 aromatic heterocycles. The van der Waals surface area contributed by atoms with Gasteiger partial charge in [-0.1, -0.05) is 36.4 Å². The second-order valence-electron chi connectivity index (χ2n) is 6.38. The number of rotatable bonds is 5. The van der Waals surface area contributed by atoms with Crippen molar-refractivity contribution in [3.8, 4) is 22.5 Å². The van der Waals surface area contributed by atoms with Crippen molar-refractivity contribution < 1.29 is 4.79 Å². The minimum Gasteiger partial charge on any atom is -0.347 e. The molecular formula is C22H19N5O. The minimum atomic E-state index is -0.173. The summed E-state index contributed by atoms with van der Waals surface area (Å²) in [5.41, 5.74) is 5.00. The molecule has 1 aromatic carbocycles. The number of pyridine rings is 2. The van der Waals surface area contributed by atoms with Crippen LogP contribution in [0.2, 0.25) is 0 Å². The summed E-state index contributed by atoms with van der Waals surface area (Å²) in [6.45, 7) is 0.394. The highest BCUT2D eigenvalue weighted by molar-refractivity contribution is 5.93. The molecule has 4 aromatic rings. The van der Waals surface area contributed by atoms with Crippen molar-refractivity contribution >= 4 is 5.91 Å². The van der Waals surface area contributed by atoms with Crippen molar-refractivity contribution in [1.29, 1.82) is 0 Å². The fourth-order valence-electron chi connectivity index (χ4n) is 2.92. The maximum absolute atomic E-state index is 12.6. The smallest absolute Gasteiger partial charge is 0.269 e. The topological polar surface area (TPSA) is 72.7 Å². The van der Waals surface area contributed by atoms with E-state index >= 15 is 0 Å². The standard InChI is InChI=1S/C22H19N5O/c1-27-21(12-20(26-27)17-6-3-2-4-7-17)22(28)25-14-16-9-10-19(24-13-16)18-8-5-11-23-15-18/h2-13,15H,14H2,1H3,(H,25,28). The lowest BCUT2D eigenvalue weighted by Gasteiger charge is -2.06. The van der Waals surface area contributed by atoms with E-state index in [1.54, 1.807) is 36.4 Å². The molecule has 6 nitrogen and oxygen atoms in total. The zero-order valence-corrected chi connectivity index (χ0v) is 15.4. The zero-order valence-electron chi connectivity index (χ0n) is 15.4. The molecular weight excluding hydrogens is 350 g/mol. The van der Waals surface area contributed by atoms with Gasteiger partial charge in [0.2, 0.25) is 0 Å². The Kier molecular flexibility index (Phi) is 4.93. The van der Waals surface area contributed by atoms with Gasteiger partial charge in [-0.05, 0) is 29.8 Å². The summed E-state index contributed by atoms with van der Waals surface area (Å²) in [5, 5.41) is 7.37. The largest absolute Gasteiger partial charge is 0.347 e. The fraction of sp³-hybridized carbons (Fsp3) is 0.0909. The molecule has 0 bridgehead atoms. The predicted molar refractivity (Wildman–Crippen MR) is 107 cm³/mol. The van der Waals surface area contributed by atoms with Crippen LogP contribution in [0.25, 0.3) is 22.5 Å². The quantitative estimate of drug-likeness (QED) is 0.585. The number of nitrogens with zero attached hydrogens (tertiary/aromatic N) is 4. The molecule has 0 saturated heterocycles. The van der Waals surface area contributed by atoms with E-state index in [9.17, 15) is 4.79 Å². The number of hydrogen-bond donors (Lipinski definition) is 1. The van der Waals surface area contributed by atoms with E-state index in [0.717, 1.165) is 28.1 Å². The van der Waals surface area contributed by atoms with Gasteiger partial charge in [0.25, 0.3) is 5.91 Å². The minimum absolute atomic E-state index is 0.173. The second-order valence-corrected chi connectivity index (χ2v) is 6.38. The lowest BCUT2D eigenvalue weighted by molar-refractivity contribution is 0.0941. The molecule has 6 heteroatoms. The van der Waals surface area contributed by atoms with Gasteiger partial charge in [0.15, 0.2) is 0 Å². The van der Waals surface area contributed by atoms with Gasteiger partial charge in [0.1, 0.15) is 5.69 Å². The molecule has 0 aliphatic heterocycles. The van der Waals surface area contributed by atoms with Gasteiger partial charge in [0.05, 0.1) is 11.4 Å². The third kappa shape index (κ3) is 3.81. The van der Waals surface area contributed by atoms with Crippen LogP contribution in [0.4, 0.5) is 0 Å². The Bertz CT molecular complexity index is 1070. The highest BCUT2D eigenvalue weighted by Crippen LogP contribution is 2.18. The number of aryl methyl sites for hydroxylation is 1. The summed E-state index contributed by atoms with van der Waals surface area (Å²) in [6.07, 6.45) is 5.27. The van der Waals surface area contributed by atoms with E-state index < -0.39 is 0 Å². The molecule has 4 rings (SSSR count). The number of hydrogen-bond acceptors (Lipinski definition) is 4. The molecule has 0 unspecified atom stereocenters. The molecule has 0 spiro atoms. The summed E-state index contributed by atoms with van der Waals surface area (Å²) in [7, 11) is 1.77. The Morgan fingerprint density at radius 1 is 0.964 bits per heavy atom. The summed E-state index contributed by atoms with van der Waals surface area (Å²) in [4.78, 5) is 21.1. The fourth-order valence-corrected chi connectivity index (χ4v) is 2.92. The van der Waals surface area contributed by atoms with Crippen molar-refractivity contribution in [3.63, 3.8) is 0 Å². The third-order valence-electron chi connectivity index (χ3n) is 4.42. The molecule has 0 atom stereocenters. The van der Waals surface area contributed by atoms with E-state index in [1.165, 1.54) is 0 Å². The zero-order chi connectivity index (χ0) is 19.3. The van der Waals surface area contributed by atoms with Crippen LogP contribution in [0, 0.1) is 0 Å². The van der Waals surface area contributed by atoms with Gasteiger partial charge in [0, 0.05) is 43.3 Å². The SMILES string of the molecule is Cn1nc(-c2ccccc2)cc1C(=O)NCc1ccc(-c2cccnc2)nc1. The number of nitrogens with one attached hydrogen (secondary N) is 1. The maximum Gasteiger partial charge on any atom is 0.269 e. The van der Waals surface area contributed by atoms with E-state index in [4.69, 9.17) is 0 Å². The van der Waals surface area contributed by atoms with Crippen LogP contribution in [0.3, 0.4) is 0 Å². The molecule has 0 aliphatic carbocycles. The first-order chi connectivity index (χ1) is 13.7. The molecule has 138 valence electrons. The van der Waals surface area contributed by atoms with Gasteiger partial charge < -0.3 is 5.32 Å². The lowest BCUT2D eigenvalue weighted by Crippen LogP contribution is -2.25. The molecule has 1 N–H and O–H groups in total. The Morgan fingerprint density at radius 2 is 1.79 bits per heavy atom. The average molecular weight is 369 g/mol. The van der Waals surface area contributed by atoms with Gasteiger partial charge in [-0.2, -0.15) is 5.10 Å². The Hall–Kier alpha value is -3.80. The van der Waals surface area contributed by atoms with Gasteiger partial charge in [-0.25, -0.2) is 0 Å². The van der Waals surface area contributed by atoms with Crippen LogP contribution >= 0.6 is 0 Å². The molecule has 1 amide bonds. The molecule has 0 fully saturated rings. The molecule has 3 heterocycles. The van der Waals surface area contributed by atoms with E-state index in [2.05, 4.69) is 20.4 Å². The predicted octanol–water partition coefficient (Wildman–Crippen LogP) is 3.47. The summed E-state index contributed by atoms with van der Waals surface area (Å²) in [5.74, 6) is -0.173. The van der Waals surface area contributed by atoms with Crippen LogP contribution in [0.15, 0.2) is 79.3 Å². The van der Waals surface area contributed by atoms with Crippen LogP contribution in [-0.4, -0.2) is 25.7 Å². The van der Waals surface area contributed by atoms with Crippen molar-refractivity contribution in [2.75, 3.05) is 0 Å². The second kappa shape index (κ2) is 7.84. The van der Waals surface area contributed by atoms with E-state index in [0.29, 0.717) is 12.2 Å². The highest BCUT2D eigenvalue weighted by atomic mass is 16.2. The monoisotopic (exact) mass is 369 g/mol. The Balaban J connectivity index is 1.43. The van der Waals surface area contributed by atoms with Gasteiger partial charge in [-0.15, -0.1) is 0 Å². The first-order valence-corrected chi connectivity index (χ1v) is 8.94. The number of carbonyl (C=O) groups excluding carboxylic acids is 1. The lowest BCUT2D eigenvalue weighted by atomic mass is 10.1. The molecule has 0 aliphatic rings. The van der Waals surface area contributed by atoms with Gasteiger partial charge in [-0.3, -0.25) is 19.4 Å². The normalized spacial score (nSPS) is 10.6. The van der Waals surface area contributed by atoms with Crippen molar-refractivity contribution in [3.05, 3.63) is 90.5 Å².